The number of hydrogen-bond donors (Lipinski definition) is 0. The van der Waals surface area contributed by atoms with Gasteiger partial charge in [0.25, 0.3) is 0 Å². The monoisotopic (exact) mass is 276 g/mol. The minimum atomic E-state index is 0.630. The number of aryl methyl sites for hydroxylation is 1. The zero-order chi connectivity index (χ0) is 10.6. The van der Waals surface area contributed by atoms with Gasteiger partial charge in [-0.1, -0.05) is 0 Å². The Balaban J connectivity index is 2.92. The molecule has 1 rings (SSSR count). The first-order valence-corrected chi connectivity index (χ1v) is 5.94. The third-order valence-electron chi connectivity index (χ3n) is 2.05. The van der Waals surface area contributed by atoms with Gasteiger partial charge in [0.05, 0.1) is 0 Å². The second-order valence-electron chi connectivity index (χ2n) is 3.06. The fourth-order valence-electron chi connectivity index (χ4n) is 1.38. The molecule has 0 saturated carbocycles. The van der Waals surface area contributed by atoms with Crippen LogP contribution in [0.15, 0.2) is 16.7 Å². The number of aromatic nitrogens is 1. The minimum Gasteiger partial charge on any atom is -0.355 e. The molecule has 1 aromatic heterocycles. The summed E-state index contributed by atoms with van der Waals surface area (Å²) in [6.07, 6.45) is 1.82. The van der Waals surface area contributed by atoms with Gasteiger partial charge in [-0.2, -0.15) is 0 Å². The molecule has 0 aliphatic carbocycles. The van der Waals surface area contributed by atoms with Crippen LogP contribution in [-0.4, -0.2) is 24.0 Å². The standard InChI is InChI=1S/C10H14BrClN2/c1-3-14(5-4-12)10-8(2)6-9(11)7-13-10/h6-7H,3-5H2,1-2H3. The molecule has 0 atom stereocenters. The first-order valence-electron chi connectivity index (χ1n) is 4.62. The van der Waals surface area contributed by atoms with Gasteiger partial charge in [0.15, 0.2) is 0 Å². The quantitative estimate of drug-likeness (QED) is 0.786. The van der Waals surface area contributed by atoms with E-state index in [9.17, 15) is 0 Å². The lowest BCUT2D eigenvalue weighted by Gasteiger charge is -2.22. The fraction of sp³-hybridized carbons (Fsp3) is 0.500. The molecule has 0 aliphatic heterocycles. The Hall–Kier alpha value is -0.280. The van der Waals surface area contributed by atoms with E-state index in [1.807, 2.05) is 6.20 Å². The molecule has 0 radical (unpaired) electrons. The number of pyridine rings is 1. The number of rotatable bonds is 4. The van der Waals surface area contributed by atoms with E-state index in [0.717, 1.165) is 23.4 Å². The number of alkyl halides is 1. The lowest BCUT2D eigenvalue weighted by molar-refractivity contribution is 0.843. The van der Waals surface area contributed by atoms with Gasteiger partial charge in [0.1, 0.15) is 5.82 Å². The van der Waals surface area contributed by atoms with E-state index in [0.29, 0.717) is 5.88 Å². The molecule has 1 aromatic rings. The summed E-state index contributed by atoms with van der Waals surface area (Å²) in [5.74, 6) is 1.65. The van der Waals surface area contributed by atoms with Crippen LogP contribution in [0.3, 0.4) is 0 Å². The molecule has 0 amide bonds. The summed E-state index contributed by atoms with van der Waals surface area (Å²) in [6.45, 7) is 5.94. The van der Waals surface area contributed by atoms with Crippen molar-refractivity contribution >= 4 is 33.3 Å². The third kappa shape index (κ3) is 2.85. The van der Waals surface area contributed by atoms with Gasteiger partial charge in [-0.3, -0.25) is 0 Å². The van der Waals surface area contributed by atoms with E-state index in [1.165, 1.54) is 5.56 Å². The fourth-order valence-corrected chi connectivity index (χ4v) is 2.03. The zero-order valence-electron chi connectivity index (χ0n) is 8.43. The van der Waals surface area contributed by atoms with Gasteiger partial charge in [0.2, 0.25) is 0 Å². The smallest absolute Gasteiger partial charge is 0.131 e. The maximum Gasteiger partial charge on any atom is 0.131 e. The highest BCUT2D eigenvalue weighted by Gasteiger charge is 2.08. The van der Waals surface area contributed by atoms with Crippen LogP contribution in [0.4, 0.5) is 5.82 Å². The summed E-state index contributed by atoms with van der Waals surface area (Å²) in [4.78, 5) is 6.56. The molecule has 78 valence electrons. The van der Waals surface area contributed by atoms with Crippen LogP contribution in [0.25, 0.3) is 0 Å². The Bertz CT molecular complexity index is 304. The van der Waals surface area contributed by atoms with Crippen molar-refractivity contribution in [2.24, 2.45) is 0 Å². The van der Waals surface area contributed by atoms with Crippen LogP contribution in [0.2, 0.25) is 0 Å². The van der Waals surface area contributed by atoms with E-state index in [4.69, 9.17) is 11.6 Å². The SMILES string of the molecule is CCN(CCCl)c1ncc(Br)cc1C. The molecule has 0 aromatic carbocycles. The van der Waals surface area contributed by atoms with E-state index < -0.39 is 0 Å². The molecule has 0 fully saturated rings. The Morgan fingerprint density at radius 3 is 2.79 bits per heavy atom. The molecular weight excluding hydrogens is 263 g/mol. The maximum atomic E-state index is 5.73. The van der Waals surface area contributed by atoms with Gasteiger partial charge in [-0.25, -0.2) is 4.98 Å². The molecule has 0 spiro atoms. The molecule has 2 nitrogen and oxygen atoms in total. The summed E-state index contributed by atoms with van der Waals surface area (Å²) in [5, 5.41) is 0. The van der Waals surface area contributed by atoms with E-state index in [-0.39, 0.29) is 0 Å². The van der Waals surface area contributed by atoms with Gasteiger partial charge in [-0.15, -0.1) is 11.6 Å². The second-order valence-corrected chi connectivity index (χ2v) is 4.36. The van der Waals surface area contributed by atoms with E-state index in [2.05, 4.69) is 45.7 Å². The Morgan fingerprint density at radius 1 is 1.57 bits per heavy atom. The summed E-state index contributed by atoms with van der Waals surface area (Å²) >= 11 is 9.13. The van der Waals surface area contributed by atoms with Crippen molar-refractivity contribution < 1.29 is 0 Å². The van der Waals surface area contributed by atoms with Crippen LogP contribution < -0.4 is 4.90 Å². The van der Waals surface area contributed by atoms with Crippen molar-refractivity contribution in [3.63, 3.8) is 0 Å². The molecule has 1 heterocycles. The van der Waals surface area contributed by atoms with Gasteiger partial charge < -0.3 is 4.90 Å². The first-order chi connectivity index (χ1) is 6.69. The van der Waals surface area contributed by atoms with E-state index in [1.54, 1.807) is 0 Å². The number of hydrogen-bond acceptors (Lipinski definition) is 2. The van der Waals surface area contributed by atoms with Gasteiger partial charge in [-0.05, 0) is 41.4 Å². The summed E-state index contributed by atoms with van der Waals surface area (Å²) in [6, 6.07) is 2.07. The largest absolute Gasteiger partial charge is 0.355 e. The predicted molar refractivity (Wildman–Crippen MR) is 65.3 cm³/mol. The van der Waals surface area contributed by atoms with Crippen molar-refractivity contribution in [3.05, 3.63) is 22.3 Å². The van der Waals surface area contributed by atoms with Crippen molar-refractivity contribution in [3.8, 4) is 0 Å². The first kappa shape index (κ1) is 11.8. The van der Waals surface area contributed by atoms with Crippen molar-refractivity contribution in [2.45, 2.75) is 13.8 Å². The maximum absolute atomic E-state index is 5.73. The molecule has 0 aliphatic rings. The summed E-state index contributed by atoms with van der Waals surface area (Å²) in [5.41, 5.74) is 1.17. The zero-order valence-corrected chi connectivity index (χ0v) is 10.8. The third-order valence-corrected chi connectivity index (χ3v) is 2.66. The van der Waals surface area contributed by atoms with Crippen molar-refractivity contribution in [2.75, 3.05) is 23.9 Å². The van der Waals surface area contributed by atoms with Crippen LogP contribution in [0, 0.1) is 6.92 Å². The number of halogens is 2. The van der Waals surface area contributed by atoms with Crippen molar-refractivity contribution in [1.29, 1.82) is 0 Å². The molecule has 4 heteroatoms. The van der Waals surface area contributed by atoms with Crippen LogP contribution in [0.5, 0.6) is 0 Å². The van der Waals surface area contributed by atoms with E-state index >= 15 is 0 Å². The van der Waals surface area contributed by atoms with Gasteiger partial charge >= 0.3 is 0 Å². The van der Waals surface area contributed by atoms with Crippen LogP contribution in [0.1, 0.15) is 12.5 Å². The van der Waals surface area contributed by atoms with Crippen molar-refractivity contribution in [1.82, 2.24) is 4.98 Å². The highest BCUT2D eigenvalue weighted by Crippen LogP contribution is 2.20. The highest BCUT2D eigenvalue weighted by molar-refractivity contribution is 9.10. The molecule has 0 bridgehead atoms. The van der Waals surface area contributed by atoms with Crippen LogP contribution >= 0.6 is 27.5 Å². The van der Waals surface area contributed by atoms with Gasteiger partial charge in [0, 0.05) is 29.6 Å². The average Bonchev–Trinajstić information content (AvgIpc) is 2.15. The number of nitrogens with zero attached hydrogens (tertiary/aromatic N) is 2. The minimum absolute atomic E-state index is 0.630. The number of anilines is 1. The average molecular weight is 278 g/mol. The summed E-state index contributed by atoms with van der Waals surface area (Å²) in [7, 11) is 0. The molecule has 0 saturated heterocycles. The highest BCUT2D eigenvalue weighted by atomic mass is 79.9. The Kier molecular flexibility index (Phi) is 4.69. The molecule has 0 N–H and O–H groups in total. The Labute approximate surface area is 98.4 Å². The lowest BCUT2D eigenvalue weighted by Crippen LogP contribution is -2.26. The summed E-state index contributed by atoms with van der Waals surface area (Å²) < 4.78 is 1.01. The topological polar surface area (TPSA) is 16.1 Å². The molecule has 0 unspecified atom stereocenters. The molecule has 14 heavy (non-hydrogen) atoms. The lowest BCUT2D eigenvalue weighted by atomic mass is 10.2. The predicted octanol–water partition coefficient (Wildman–Crippen LogP) is 3.22. The normalized spacial score (nSPS) is 10.3. The van der Waals surface area contributed by atoms with Crippen LogP contribution in [-0.2, 0) is 0 Å². The Morgan fingerprint density at radius 2 is 2.29 bits per heavy atom. The molecular formula is C10H14BrClN2. The second kappa shape index (κ2) is 5.56.